The van der Waals surface area contributed by atoms with Crippen LogP contribution in [0, 0.1) is 0 Å². The summed E-state index contributed by atoms with van der Waals surface area (Å²) in [6.07, 6.45) is -3.34. The van der Waals surface area contributed by atoms with E-state index in [1.54, 1.807) is 0 Å². The number of hydrogen-bond acceptors (Lipinski definition) is 0. The maximum atomic E-state index is 11.8. The zero-order valence-corrected chi connectivity index (χ0v) is 6.25. The Hall–Kier alpha value is -0.450. The SMILES string of the molecule is FC(F)(F)c1c[nH]c(Br)c1. The van der Waals surface area contributed by atoms with Gasteiger partial charge in [-0.3, -0.25) is 0 Å². The fourth-order valence-corrected chi connectivity index (χ4v) is 0.891. The molecule has 10 heavy (non-hydrogen) atoms. The molecule has 0 bridgehead atoms. The summed E-state index contributed by atoms with van der Waals surface area (Å²) in [6.45, 7) is 0. The molecule has 0 aromatic carbocycles. The minimum absolute atomic E-state index is 0.333. The van der Waals surface area contributed by atoms with Crippen LogP contribution in [0.4, 0.5) is 13.2 Å². The van der Waals surface area contributed by atoms with Crippen molar-refractivity contribution in [2.24, 2.45) is 0 Å². The summed E-state index contributed by atoms with van der Waals surface area (Å²) < 4.78 is 35.6. The molecule has 0 unspecified atom stereocenters. The van der Waals surface area contributed by atoms with E-state index < -0.39 is 11.7 Å². The van der Waals surface area contributed by atoms with Gasteiger partial charge in [0.15, 0.2) is 0 Å². The van der Waals surface area contributed by atoms with Crippen LogP contribution < -0.4 is 0 Å². The highest BCUT2D eigenvalue weighted by atomic mass is 79.9. The second kappa shape index (κ2) is 2.30. The van der Waals surface area contributed by atoms with Gasteiger partial charge in [-0.15, -0.1) is 0 Å². The Morgan fingerprint density at radius 1 is 1.40 bits per heavy atom. The maximum Gasteiger partial charge on any atom is 0.417 e. The summed E-state index contributed by atoms with van der Waals surface area (Å²) in [4.78, 5) is 2.37. The second-order valence-corrected chi connectivity index (χ2v) is 2.59. The van der Waals surface area contributed by atoms with Crippen molar-refractivity contribution in [1.82, 2.24) is 4.98 Å². The number of rotatable bonds is 0. The van der Waals surface area contributed by atoms with E-state index in [4.69, 9.17) is 0 Å². The van der Waals surface area contributed by atoms with Crippen LogP contribution in [0.5, 0.6) is 0 Å². The normalized spacial score (nSPS) is 12.0. The molecule has 0 saturated carbocycles. The molecule has 0 atom stereocenters. The van der Waals surface area contributed by atoms with E-state index in [1.165, 1.54) is 0 Å². The lowest BCUT2D eigenvalue weighted by Gasteiger charge is -1.99. The first-order valence-electron chi connectivity index (χ1n) is 2.41. The molecule has 0 aliphatic rings. The van der Waals surface area contributed by atoms with Gasteiger partial charge in [0, 0.05) is 6.20 Å². The van der Waals surface area contributed by atoms with E-state index in [0.29, 0.717) is 4.60 Å². The first kappa shape index (κ1) is 7.65. The third-order valence-electron chi connectivity index (χ3n) is 0.975. The molecule has 56 valence electrons. The number of aromatic nitrogens is 1. The number of nitrogens with one attached hydrogen (secondary N) is 1. The monoisotopic (exact) mass is 213 g/mol. The molecule has 0 saturated heterocycles. The third kappa shape index (κ3) is 1.53. The Morgan fingerprint density at radius 2 is 2.00 bits per heavy atom. The highest BCUT2D eigenvalue weighted by molar-refractivity contribution is 9.10. The molecular weight excluding hydrogens is 211 g/mol. The maximum absolute atomic E-state index is 11.8. The predicted octanol–water partition coefficient (Wildman–Crippen LogP) is 2.80. The van der Waals surface area contributed by atoms with E-state index in [-0.39, 0.29) is 0 Å². The van der Waals surface area contributed by atoms with Crippen molar-refractivity contribution < 1.29 is 13.2 Å². The lowest BCUT2D eigenvalue weighted by molar-refractivity contribution is -0.137. The number of H-pyrrole nitrogens is 1. The number of hydrogen-bond donors (Lipinski definition) is 1. The zero-order chi connectivity index (χ0) is 7.78. The van der Waals surface area contributed by atoms with Crippen LogP contribution in [0.15, 0.2) is 16.9 Å². The predicted molar refractivity (Wildman–Crippen MR) is 33.5 cm³/mol. The lowest BCUT2D eigenvalue weighted by Crippen LogP contribution is -2.01. The van der Waals surface area contributed by atoms with Gasteiger partial charge in [0.1, 0.15) is 0 Å². The molecule has 0 spiro atoms. The highest BCUT2D eigenvalue weighted by Crippen LogP contribution is 2.30. The summed E-state index contributed by atoms with van der Waals surface area (Å²) >= 11 is 2.87. The molecule has 5 heteroatoms. The van der Waals surface area contributed by atoms with Gasteiger partial charge < -0.3 is 4.98 Å². The first-order chi connectivity index (χ1) is 4.50. The van der Waals surface area contributed by atoms with Crippen molar-refractivity contribution in [3.05, 3.63) is 22.4 Å². The summed E-state index contributed by atoms with van der Waals surface area (Å²) in [5.41, 5.74) is -0.667. The minimum Gasteiger partial charge on any atom is -0.355 e. The number of aromatic amines is 1. The molecule has 1 rings (SSSR count). The lowest BCUT2D eigenvalue weighted by atomic mass is 10.3. The van der Waals surface area contributed by atoms with Crippen molar-refractivity contribution in [2.45, 2.75) is 6.18 Å². The van der Waals surface area contributed by atoms with E-state index in [9.17, 15) is 13.2 Å². The van der Waals surface area contributed by atoms with Crippen LogP contribution in [-0.4, -0.2) is 4.98 Å². The topological polar surface area (TPSA) is 15.8 Å². The molecule has 0 radical (unpaired) electrons. The highest BCUT2D eigenvalue weighted by Gasteiger charge is 2.31. The zero-order valence-electron chi connectivity index (χ0n) is 4.67. The van der Waals surface area contributed by atoms with E-state index in [1.807, 2.05) is 0 Å². The van der Waals surface area contributed by atoms with Crippen molar-refractivity contribution >= 4 is 15.9 Å². The molecule has 0 fully saturated rings. The van der Waals surface area contributed by atoms with Gasteiger partial charge in [-0.1, -0.05) is 0 Å². The van der Waals surface area contributed by atoms with Crippen LogP contribution in [0.2, 0.25) is 0 Å². The Bertz CT molecular complexity index is 227. The van der Waals surface area contributed by atoms with Crippen LogP contribution in [0.25, 0.3) is 0 Å². The second-order valence-electron chi connectivity index (χ2n) is 1.73. The Morgan fingerprint density at radius 3 is 2.20 bits per heavy atom. The fourth-order valence-electron chi connectivity index (χ4n) is 0.530. The summed E-state index contributed by atoms with van der Waals surface area (Å²) in [6, 6.07) is 0.986. The molecule has 1 nitrogen and oxygen atoms in total. The first-order valence-corrected chi connectivity index (χ1v) is 3.20. The summed E-state index contributed by atoms with van der Waals surface area (Å²) in [7, 11) is 0. The average molecular weight is 214 g/mol. The van der Waals surface area contributed by atoms with Gasteiger partial charge in [0.25, 0.3) is 0 Å². The van der Waals surface area contributed by atoms with Gasteiger partial charge in [-0.25, -0.2) is 0 Å². The quantitative estimate of drug-likeness (QED) is 0.683. The molecule has 0 amide bonds. The molecule has 0 aliphatic carbocycles. The van der Waals surface area contributed by atoms with Crippen molar-refractivity contribution in [1.29, 1.82) is 0 Å². The fraction of sp³-hybridized carbons (Fsp3) is 0.200. The van der Waals surface area contributed by atoms with Crippen LogP contribution >= 0.6 is 15.9 Å². The van der Waals surface area contributed by atoms with Gasteiger partial charge >= 0.3 is 6.18 Å². The number of alkyl halides is 3. The van der Waals surface area contributed by atoms with Gasteiger partial charge in [0.2, 0.25) is 0 Å². The van der Waals surface area contributed by atoms with E-state index in [2.05, 4.69) is 20.9 Å². The third-order valence-corrected chi connectivity index (χ3v) is 1.43. The van der Waals surface area contributed by atoms with E-state index >= 15 is 0 Å². The Kier molecular flexibility index (Phi) is 1.76. The minimum atomic E-state index is -4.25. The van der Waals surface area contributed by atoms with Crippen molar-refractivity contribution in [2.75, 3.05) is 0 Å². The van der Waals surface area contributed by atoms with Crippen LogP contribution in [0.3, 0.4) is 0 Å². The summed E-state index contributed by atoms with van der Waals surface area (Å²) in [5.74, 6) is 0. The van der Waals surface area contributed by atoms with Gasteiger partial charge in [-0.05, 0) is 22.0 Å². The van der Waals surface area contributed by atoms with Crippen molar-refractivity contribution in [3.63, 3.8) is 0 Å². The number of halogens is 4. The Balaban J connectivity index is 2.96. The standard InChI is InChI=1S/C5H3BrF3N/c6-4-1-3(2-10-4)5(7,8)9/h1-2,10H. The largest absolute Gasteiger partial charge is 0.417 e. The van der Waals surface area contributed by atoms with Gasteiger partial charge in [0.05, 0.1) is 10.2 Å². The smallest absolute Gasteiger partial charge is 0.355 e. The molecular formula is C5H3BrF3N. The van der Waals surface area contributed by atoms with Crippen LogP contribution in [-0.2, 0) is 6.18 Å². The van der Waals surface area contributed by atoms with Crippen LogP contribution in [0.1, 0.15) is 5.56 Å². The average Bonchev–Trinajstić information content (AvgIpc) is 2.11. The molecule has 1 aromatic heterocycles. The molecule has 1 N–H and O–H groups in total. The molecule has 0 aliphatic heterocycles. The van der Waals surface area contributed by atoms with Gasteiger partial charge in [-0.2, -0.15) is 13.2 Å². The Labute approximate surface area is 63.4 Å². The molecule has 1 heterocycles. The van der Waals surface area contributed by atoms with E-state index in [0.717, 1.165) is 12.3 Å². The molecule has 1 aromatic rings. The van der Waals surface area contributed by atoms with Crippen molar-refractivity contribution in [3.8, 4) is 0 Å². The summed E-state index contributed by atoms with van der Waals surface area (Å²) in [5, 5.41) is 0.